The summed E-state index contributed by atoms with van der Waals surface area (Å²) >= 11 is 0. The molecule has 1 heterocycles. The van der Waals surface area contributed by atoms with Crippen molar-refractivity contribution in [1.82, 2.24) is 9.97 Å². The van der Waals surface area contributed by atoms with Gasteiger partial charge in [0.1, 0.15) is 0 Å². The Bertz CT molecular complexity index is 719. The van der Waals surface area contributed by atoms with Crippen LogP contribution in [-0.4, -0.2) is 9.97 Å². The second-order valence-electron chi connectivity index (χ2n) is 4.27. The molecule has 0 bridgehead atoms. The van der Waals surface area contributed by atoms with Crippen LogP contribution in [0.1, 0.15) is 11.1 Å². The third kappa shape index (κ3) is 2.40. The van der Waals surface area contributed by atoms with E-state index in [1.54, 1.807) is 6.07 Å². The smallest absolute Gasteiger partial charge is 0.201 e. The maximum Gasteiger partial charge on any atom is 0.201 e. The third-order valence-corrected chi connectivity index (χ3v) is 2.91. The predicted molar refractivity (Wildman–Crippen MR) is 74.6 cm³/mol. The van der Waals surface area contributed by atoms with Gasteiger partial charge in [-0.05, 0) is 29.8 Å². The first kappa shape index (κ1) is 11.3. The quantitative estimate of drug-likeness (QED) is 0.748. The van der Waals surface area contributed by atoms with Crippen LogP contribution in [-0.2, 0) is 6.54 Å². The lowest BCUT2D eigenvalue weighted by Crippen LogP contribution is -2.00. The Morgan fingerprint density at radius 2 is 2.05 bits per heavy atom. The second-order valence-corrected chi connectivity index (χ2v) is 4.27. The van der Waals surface area contributed by atoms with Gasteiger partial charge in [0.2, 0.25) is 5.95 Å². The highest BCUT2D eigenvalue weighted by Crippen LogP contribution is 2.14. The van der Waals surface area contributed by atoms with Gasteiger partial charge < -0.3 is 10.3 Å². The van der Waals surface area contributed by atoms with Gasteiger partial charge >= 0.3 is 0 Å². The first-order valence-electron chi connectivity index (χ1n) is 6.03. The molecule has 0 spiro atoms. The van der Waals surface area contributed by atoms with Crippen molar-refractivity contribution >= 4 is 17.0 Å². The average Bonchev–Trinajstić information content (AvgIpc) is 2.88. The van der Waals surface area contributed by atoms with Gasteiger partial charge in [0.15, 0.2) is 0 Å². The number of nitriles is 1. The van der Waals surface area contributed by atoms with Crippen LogP contribution >= 0.6 is 0 Å². The fourth-order valence-electron chi connectivity index (χ4n) is 1.97. The van der Waals surface area contributed by atoms with E-state index in [0.29, 0.717) is 12.1 Å². The molecule has 2 aromatic carbocycles. The van der Waals surface area contributed by atoms with Crippen molar-refractivity contribution in [3.8, 4) is 6.07 Å². The monoisotopic (exact) mass is 248 g/mol. The minimum atomic E-state index is 0.634. The predicted octanol–water partition coefficient (Wildman–Crippen LogP) is 3.05. The van der Waals surface area contributed by atoms with E-state index >= 15 is 0 Å². The van der Waals surface area contributed by atoms with Crippen LogP contribution in [0.15, 0.2) is 48.5 Å². The molecule has 1 aromatic heterocycles. The Morgan fingerprint density at radius 1 is 1.16 bits per heavy atom. The lowest BCUT2D eigenvalue weighted by atomic mass is 10.1. The van der Waals surface area contributed by atoms with Gasteiger partial charge in [-0.15, -0.1) is 0 Å². The molecule has 0 saturated carbocycles. The van der Waals surface area contributed by atoms with Crippen molar-refractivity contribution in [3.63, 3.8) is 0 Å². The summed E-state index contributed by atoms with van der Waals surface area (Å²) < 4.78 is 0. The number of nitrogens with zero attached hydrogens (tertiary/aromatic N) is 2. The number of aromatic nitrogens is 2. The Kier molecular flexibility index (Phi) is 2.87. The Labute approximate surface area is 110 Å². The van der Waals surface area contributed by atoms with E-state index in [9.17, 15) is 0 Å². The van der Waals surface area contributed by atoms with Crippen molar-refractivity contribution in [1.29, 1.82) is 5.26 Å². The fraction of sp³-hybridized carbons (Fsp3) is 0.0667. The van der Waals surface area contributed by atoms with Crippen molar-refractivity contribution in [3.05, 3.63) is 59.7 Å². The largest absolute Gasteiger partial charge is 0.352 e. The van der Waals surface area contributed by atoms with Crippen LogP contribution < -0.4 is 5.32 Å². The Hall–Kier alpha value is -2.80. The van der Waals surface area contributed by atoms with Crippen LogP contribution in [0.4, 0.5) is 5.95 Å². The summed E-state index contributed by atoms with van der Waals surface area (Å²) in [6, 6.07) is 17.6. The number of nitrogens with one attached hydrogen (secondary N) is 2. The van der Waals surface area contributed by atoms with E-state index in [1.165, 1.54) is 0 Å². The molecule has 0 fully saturated rings. The number of H-pyrrole nitrogens is 1. The minimum absolute atomic E-state index is 0.634. The number of hydrogen-bond acceptors (Lipinski definition) is 3. The van der Waals surface area contributed by atoms with Gasteiger partial charge in [-0.3, -0.25) is 0 Å². The molecule has 19 heavy (non-hydrogen) atoms. The molecule has 4 nitrogen and oxygen atoms in total. The first-order chi connectivity index (χ1) is 9.35. The molecule has 0 aliphatic rings. The maximum atomic E-state index is 8.85. The molecule has 2 N–H and O–H groups in total. The molecular weight excluding hydrogens is 236 g/mol. The number of imidazole rings is 1. The number of anilines is 1. The summed E-state index contributed by atoms with van der Waals surface area (Å²) in [7, 11) is 0. The lowest BCUT2D eigenvalue weighted by molar-refractivity contribution is 1.10. The average molecular weight is 248 g/mol. The molecule has 0 unspecified atom stereocenters. The van der Waals surface area contributed by atoms with E-state index < -0.39 is 0 Å². The van der Waals surface area contributed by atoms with Gasteiger partial charge in [0.25, 0.3) is 0 Å². The molecule has 0 atom stereocenters. The van der Waals surface area contributed by atoms with Crippen LogP contribution in [0, 0.1) is 11.3 Å². The Morgan fingerprint density at radius 3 is 2.89 bits per heavy atom. The molecule has 0 aliphatic heterocycles. The Balaban J connectivity index is 1.76. The van der Waals surface area contributed by atoms with Gasteiger partial charge in [0.05, 0.1) is 22.7 Å². The van der Waals surface area contributed by atoms with Crippen LogP contribution in [0.25, 0.3) is 11.0 Å². The molecule has 0 amide bonds. The van der Waals surface area contributed by atoms with E-state index in [1.807, 2.05) is 42.5 Å². The maximum absolute atomic E-state index is 8.85. The molecule has 0 saturated heterocycles. The topological polar surface area (TPSA) is 64.5 Å². The van der Waals surface area contributed by atoms with Crippen LogP contribution in [0.5, 0.6) is 0 Å². The molecule has 0 radical (unpaired) electrons. The zero-order chi connectivity index (χ0) is 13.1. The van der Waals surface area contributed by atoms with E-state index in [0.717, 1.165) is 22.5 Å². The number of hydrogen-bond donors (Lipinski definition) is 2. The molecule has 3 aromatic rings. The van der Waals surface area contributed by atoms with Crippen LogP contribution in [0.3, 0.4) is 0 Å². The lowest BCUT2D eigenvalue weighted by Gasteiger charge is -2.03. The minimum Gasteiger partial charge on any atom is -0.352 e. The number of rotatable bonds is 3. The summed E-state index contributed by atoms with van der Waals surface area (Å²) in [5, 5.41) is 12.1. The van der Waals surface area contributed by atoms with Crippen molar-refractivity contribution in [2.75, 3.05) is 5.32 Å². The zero-order valence-corrected chi connectivity index (χ0v) is 10.2. The fourth-order valence-corrected chi connectivity index (χ4v) is 1.97. The standard InChI is InChI=1S/C15H12N4/c16-9-11-4-3-5-12(8-11)10-17-15-18-13-6-1-2-7-14(13)19-15/h1-8H,10H2,(H2,17,18,19). The van der Waals surface area contributed by atoms with Gasteiger partial charge in [-0.1, -0.05) is 24.3 Å². The van der Waals surface area contributed by atoms with Crippen LogP contribution in [0.2, 0.25) is 0 Å². The molecule has 92 valence electrons. The first-order valence-corrected chi connectivity index (χ1v) is 6.03. The number of fused-ring (bicyclic) bond motifs is 1. The summed E-state index contributed by atoms with van der Waals surface area (Å²) in [5.41, 5.74) is 3.68. The highest BCUT2D eigenvalue weighted by molar-refractivity contribution is 5.77. The number of benzene rings is 2. The SMILES string of the molecule is N#Cc1cccc(CNc2nc3ccccc3[nH]2)c1. The highest BCUT2D eigenvalue weighted by atomic mass is 15.1. The highest BCUT2D eigenvalue weighted by Gasteiger charge is 2.01. The van der Waals surface area contributed by atoms with Gasteiger partial charge in [-0.2, -0.15) is 5.26 Å². The van der Waals surface area contributed by atoms with Crippen molar-refractivity contribution in [2.24, 2.45) is 0 Å². The number of para-hydroxylation sites is 2. The van der Waals surface area contributed by atoms with E-state index in [-0.39, 0.29) is 0 Å². The zero-order valence-electron chi connectivity index (χ0n) is 10.2. The molecular formula is C15H12N4. The van der Waals surface area contributed by atoms with E-state index in [4.69, 9.17) is 5.26 Å². The van der Waals surface area contributed by atoms with E-state index in [2.05, 4.69) is 21.4 Å². The second kappa shape index (κ2) is 4.83. The van der Waals surface area contributed by atoms with Crippen molar-refractivity contribution in [2.45, 2.75) is 6.54 Å². The molecule has 0 aliphatic carbocycles. The van der Waals surface area contributed by atoms with Crippen molar-refractivity contribution < 1.29 is 0 Å². The summed E-state index contributed by atoms with van der Waals surface area (Å²) in [4.78, 5) is 7.65. The van der Waals surface area contributed by atoms with Gasteiger partial charge in [-0.25, -0.2) is 4.98 Å². The summed E-state index contributed by atoms with van der Waals surface area (Å²) in [6.45, 7) is 0.634. The normalized spacial score (nSPS) is 10.3. The summed E-state index contributed by atoms with van der Waals surface area (Å²) in [5.74, 6) is 0.739. The molecule has 3 rings (SSSR count). The molecule has 4 heteroatoms. The third-order valence-electron chi connectivity index (χ3n) is 2.91. The van der Waals surface area contributed by atoms with Gasteiger partial charge in [0, 0.05) is 6.54 Å². The summed E-state index contributed by atoms with van der Waals surface area (Å²) in [6.07, 6.45) is 0. The number of aromatic amines is 1.